The van der Waals surface area contributed by atoms with Crippen molar-refractivity contribution in [2.45, 2.75) is 38.2 Å². The van der Waals surface area contributed by atoms with E-state index in [1.165, 1.54) is 0 Å². The van der Waals surface area contributed by atoms with E-state index >= 15 is 0 Å². The third kappa shape index (κ3) is 6.27. The lowest BCUT2D eigenvalue weighted by atomic mass is 10.0. The number of hydrogen-bond donors (Lipinski definition) is 0. The van der Waals surface area contributed by atoms with Gasteiger partial charge in [0.25, 0.3) is 0 Å². The van der Waals surface area contributed by atoms with Gasteiger partial charge < -0.3 is 14.3 Å². The first kappa shape index (κ1) is 24.0. The van der Waals surface area contributed by atoms with E-state index in [4.69, 9.17) is 37.5 Å². The number of benzene rings is 2. The fourth-order valence-corrected chi connectivity index (χ4v) is 4.36. The lowest BCUT2D eigenvalue weighted by Crippen LogP contribution is -2.13. The van der Waals surface area contributed by atoms with E-state index in [0.717, 1.165) is 36.8 Å². The summed E-state index contributed by atoms with van der Waals surface area (Å²) < 4.78 is 11.7. The number of pyridine rings is 1. The summed E-state index contributed by atoms with van der Waals surface area (Å²) in [6.07, 6.45) is 4.78. The molecule has 0 N–H and O–H groups in total. The number of ether oxygens (including phenoxy) is 2. The second kappa shape index (κ2) is 11.4. The van der Waals surface area contributed by atoms with Crippen LogP contribution in [0, 0.1) is 0 Å². The minimum atomic E-state index is -0.556. The Labute approximate surface area is 208 Å². The predicted octanol–water partition coefficient (Wildman–Crippen LogP) is 6.52. The molecule has 1 heterocycles. The van der Waals surface area contributed by atoms with Gasteiger partial charge in [-0.3, -0.25) is 0 Å². The Bertz CT molecular complexity index is 1160. The van der Waals surface area contributed by atoms with Gasteiger partial charge in [-0.05, 0) is 73.7 Å². The normalized spacial score (nSPS) is 14.1. The Morgan fingerprint density at radius 2 is 1.68 bits per heavy atom. The Morgan fingerprint density at radius 3 is 2.35 bits per heavy atom. The summed E-state index contributed by atoms with van der Waals surface area (Å²) >= 11 is 12.2. The molecule has 8 heteroatoms. The van der Waals surface area contributed by atoms with Gasteiger partial charge in [-0.1, -0.05) is 46.6 Å². The molecule has 0 radical (unpaired) electrons. The van der Waals surface area contributed by atoms with Gasteiger partial charge in [0, 0.05) is 12.0 Å². The number of oxime groups is 1. The maximum Gasteiger partial charge on any atom is 0.365 e. The van der Waals surface area contributed by atoms with E-state index < -0.39 is 5.97 Å². The van der Waals surface area contributed by atoms with Crippen LogP contribution in [0.1, 0.15) is 47.2 Å². The molecular formula is C26H24Cl2N2O4. The van der Waals surface area contributed by atoms with E-state index in [2.05, 4.69) is 10.1 Å². The van der Waals surface area contributed by atoms with E-state index in [0.29, 0.717) is 29.2 Å². The third-order valence-corrected chi connectivity index (χ3v) is 5.92. The maximum absolute atomic E-state index is 12.5. The summed E-state index contributed by atoms with van der Waals surface area (Å²) in [5.74, 6) is 0.700. The van der Waals surface area contributed by atoms with Crippen molar-refractivity contribution in [2.24, 2.45) is 5.16 Å². The molecule has 0 atom stereocenters. The Kier molecular flexibility index (Phi) is 8.03. The molecule has 1 fully saturated rings. The van der Waals surface area contributed by atoms with Crippen LogP contribution in [-0.2, 0) is 11.3 Å². The highest BCUT2D eigenvalue weighted by atomic mass is 35.5. The van der Waals surface area contributed by atoms with Crippen LogP contribution in [0.25, 0.3) is 0 Å². The van der Waals surface area contributed by atoms with Crippen LogP contribution in [0.2, 0.25) is 10.3 Å². The molecule has 0 saturated heterocycles. The number of halogens is 2. The van der Waals surface area contributed by atoms with Crippen LogP contribution in [-0.4, -0.2) is 29.9 Å². The van der Waals surface area contributed by atoms with Crippen LogP contribution >= 0.6 is 23.2 Å². The first-order chi connectivity index (χ1) is 16.5. The SMILES string of the molecule is COc1ccc(C(Cc2cc(Cl)nc(Cl)c2)=NOC(=O)c2ccccc2)cc1OC1CCCC1. The standard InChI is InChI=1S/C26H24Cl2N2O4/c1-32-22-12-11-19(16-23(22)33-20-9-5-6-10-20)21(13-17-14-24(27)29-25(28)15-17)30-34-26(31)18-7-3-2-4-8-18/h2-4,7-8,11-12,14-16,20H,5-6,9-10,13H2,1H3. The molecule has 1 saturated carbocycles. The molecule has 6 nitrogen and oxygen atoms in total. The molecule has 0 aliphatic heterocycles. The van der Waals surface area contributed by atoms with Crippen LogP contribution in [0.3, 0.4) is 0 Å². The van der Waals surface area contributed by atoms with Gasteiger partial charge in [0.1, 0.15) is 10.3 Å². The molecule has 0 unspecified atom stereocenters. The molecule has 3 aromatic rings. The second-order valence-electron chi connectivity index (χ2n) is 7.97. The fourth-order valence-electron chi connectivity index (χ4n) is 3.85. The molecule has 4 rings (SSSR count). The van der Waals surface area contributed by atoms with Gasteiger partial charge in [0.05, 0.1) is 24.5 Å². The molecule has 34 heavy (non-hydrogen) atoms. The van der Waals surface area contributed by atoms with Gasteiger partial charge >= 0.3 is 5.97 Å². The lowest BCUT2D eigenvalue weighted by molar-refractivity contribution is 0.0516. The van der Waals surface area contributed by atoms with E-state index in [-0.39, 0.29) is 16.4 Å². The summed E-state index contributed by atoms with van der Waals surface area (Å²) in [7, 11) is 1.61. The van der Waals surface area contributed by atoms with Crippen molar-refractivity contribution >= 4 is 34.9 Å². The highest BCUT2D eigenvalue weighted by Gasteiger charge is 2.20. The largest absolute Gasteiger partial charge is 0.493 e. The van der Waals surface area contributed by atoms with Gasteiger partial charge in [-0.15, -0.1) is 0 Å². The Hall–Kier alpha value is -3.09. The summed E-state index contributed by atoms with van der Waals surface area (Å²) in [4.78, 5) is 21.8. The van der Waals surface area contributed by atoms with Crippen LogP contribution in [0.5, 0.6) is 11.5 Å². The summed E-state index contributed by atoms with van der Waals surface area (Å²) in [5.41, 5.74) is 2.40. The highest BCUT2D eigenvalue weighted by Crippen LogP contribution is 2.33. The third-order valence-electron chi connectivity index (χ3n) is 5.54. The van der Waals surface area contributed by atoms with Crippen LogP contribution in [0.4, 0.5) is 0 Å². The van der Waals surface area contributed by atoms with Gasteiger partial charge in [0.15, 0.2) is 11.5 Å². The monoisotopic (exact) mass is 498 g/mol. The number of hydrogen-bond acceptors (Lipinski definition) is 6. The summed E-state index contributed by atoms with van der Waals surface area (Å²) in [6, 6.07) is 17.6. The molecule has 2 aromatic carbocycles. The molecule has 0 amide bonds. The summed E-state index contributed by atoms with van der Waals surface area (Å²) in [5, 5.41) is 4.75. The van der Waals surface area contributed by atoms with Crippen LogP contribution in [0.15, 0.2) is 65.8 Å². The van der Waals surface area contributed by atoms with E-state index in [9.17, 15) is 4.79 Å². The lowest BCUT2D eigenvalue weighted by Gasteiger charge is -2.17. The zero-order valence-electron chi connectivity index (χ0n) is 18.7. The first-order valence-corrected chi connectivity index (χ1v) is 11.8. The zero-order valence-corrected chi connectivity index (χ0v) is 20.2. The number of carbonyl (C=O) groups is 1. The number of carbonyl (C=O) groups excluding carboxylic acids is 1. The quantitative estimate of drug-likeness (QED) is 0.153. The first-order valence-electron chi connectivity index (χ1n) is 11.0. The van der Waals surface area contributed by atoms with Crippen molar-refractivity contribution in [3.8, 4) is 11.5 Å². The highest BCUT2D eigenvalue weighted by molar-refractivity contribution is 6.32. The average molecular weight is 499 g/mol. The van der Waals surface area contributed by atoms with Gasteiger partial charge in [-0.2, -0.15) is 0 Å². The van der Waals surface area contributed by atoms with Crippen molar-refractivity contribution in [2.75, 3.05) is 7.11 Å². The van der Waals surface area contributed by atoms with Crippen LogP contribution < -0.4 is 9.47 Å². The van der Waals surface area contributed by atoms with Gasteiger partial charge in [-0.25, -0.2) is 9.78 Å². The minimum Gasteiger partial charge on any atom is -0.493 e. The topological polar surface area (TPSA) is 70.0 Å². The maximum atomic E-state index is 12.5. The van der Waals surface area contributed by atoms with Crippen molar-refractivity contribution < 1.29 is 19.1 Å². The molecule has 1 aromatic heterocycles. The zero-order chi connectivity index (χ0) is 23.9. The second-order valence-corrected chi connectivity index (χ2v) is 8.74. The average Bonchev–Trinajstić information content (AvgIpc) is 3.34. The molecule has 176 valence electrons. The smallest absolute Gasteiger partial charge is 0.365 e. The minimum absolute atomic E-state index is 0.151. The van der Waals surface area contributed by atoms with Crippen molar-refractivity contribution in [1.29, 1.82) is 0 Å². The fraction of sp³-hybridized carbons (Fsp3) is 0.269. The number of methoxy groups -OCH3 is 1. The Morgan fingerprint density at radius 1 is 0.971 bits per heavy atom. The molecule has 1 aliphatic carbocycles. The summed E-state index contributed by atoms with van der Waals surface area (Å²) in [6.45, 7) is 0. The van der Waals surface area contributed by atoms with Crippen molar-refractivity contribution in [3.63, 3.8) is 0 Å². The number of nitrogens with zero attached hydrogens (tertiary/aromatic N) is 2. The van der Waals surface area contributed by atoms with Crippen molar-refractivity contribution in [3.05, 3.63) is 87.7 Å². The number of aromatic nitrogens is 1. The van der Waals surface area contributed by atoms with E-state index in [1.807, 2.05) is 24.3 Å². The molecule has 0 spiro atoms. The molecule has 1 aliphatic rings. The van der Waals surface area contributed by atoms with Gasteiger partial charge in [0.2, 0.25) is 0 Å². The van der Waals surface area contributed by atoms with E-state index in [1.54, 1.807) is 43.5 Å². The Balaban J connectivity index is 1.66. The molecule has 0 bridgehead atoms. The molecular weight excluding hydrogens is 475 g/mol. The number of rotatable bonds is 8. The predicted molar refractivity (Wildman–Crippen MR) is 132 cm³/mol. The van der Waals surface area contributed by atoms with Crippen molar-refractivity contribution in [1.82, 2.24) is 4.98 Å².